The van der Waals surface area contributed by atoms with Gasteiger partial charge in [-0.1, -0.05) is 146 Å². The Bertz CT molecular complexity index is 4000. The van der Waals surface area contributed by atoms with Crippen LogP contribution in [0.15, 0.2) is 215 Å². The molecule has 13 aromatic rings. The highest BCUT2D eigenvalue weighted by Crippen LogP contribution is 2.56. The van der Waals surface area contributed by atoms with Gasteiger partial charge < -0.3 is 8.83 Å². The molecule has 3 aliphatic carbocycles. The largest absolute Gasteiger partial charge is 0.456 e. The van der Waals surface area contributed by atoms with Crippen molar-refractivity contribution in [2.24, 2.45) is 0 Å². The first kappa shape index (κ1) is 38.7. The van der Waals surface area contributed by atoms with Crippen LogP contribution in [0.3, 0.4) is 0 Å². The van der Waals surface area contributed by atoms with Crippen LogP contribution in [0.25, 0.3) is 112 Å². The highest BCUT2D eigenvalue weighted by Gasteiger charge is 2.41. The van der Waals surface area contributed by atoms with Gasteiger partial charge in [0.25, 0.3) is 0 Å². The Kier molecular flexibility index (Phi) is 8.32. The molecule has 0 fully saturated rings. The van der Waals surface area contributed by atoms with Crippen molar-refractivity contribution in [1.29, 1.82) is 0 Å². The SMILES string of the molecule is c1ccc(-c2nc(-c3ccc4c(c3)C3c5ccccc5C4c4cc(-c5nc(-c6ccccc6)nc(-c6ccc7oc8ccccc8c7c6)n5)ccc43)nc(-c3ccc4oc5ccccc5c4c3)n2)cc1. The van der Waals surface area contributed by atoms with Crippen LogP contribution in [0.2, 0.25) is 0 Å². The molecular weight excluding hydrogens is 861 g/mol. The van der Waals surface area contributed by atoms with Crippen molar-refractivity contribution in [3.05, 3.63) is 240 Å². The van der Waals surface area contributed by atoms with Gasteiger partial charge in [-0.15, -0.1) is 0 Å². The average Bonchev–Trinajstić information content (AvgIpc) is 4.01. The zero-order valence-electron chi connectivity index (χ0n) is 37.3. The van der Waals surface area contributed by atoms with E-state index in [0.29, 0.717) is 34.9 Å². The van der Waals surface area contributed by atoms with E-state index in [9.17, 15) is 0 Å². The number of rotatable bonds is 6. The van der Waals surface area contributed by atoms with Crippen molar-refractivity contribution in [3.63, 3.8) is 0 Å². The first-order valence-corrected chi connectivity index (χ1v) is 23.5. The third-order valence-corrected chi connectivity index (χ3v) is 14.2. The smallest absolute Gasteiger partial charge is 0.164 e. The second-order valence-corrected chi connectivity index (χ2v) is 18.1. The maximum atomic E-state index is 6.18. The number of hydrogen-bond donors (Lipinski definition) is 0. The predicted octanol–water partition coefficient (Wildman–Crippen LogP) is 14.8. The molecular formula is C62H36N6O2. The second-order valence-electron chi connectivity index (χ2n) is 18.1. The summed E-state index contributed by atoms with van der Waals surface area (Å²) in [6.45, 7) is 0. The third kappa shape index (κ3) is 6.03. The molecule has 9 aromatic carbocycles. The highest BCUT2D eigenvalue weighted by atomic mass is 16.3. The summed E-state index contributed by atoms with van der Waals surface area (Å²) in [5.41, 5.74) is 16.5. The maximum Gasteiger partial charge on any atom is 0.164 e. The molecule has 326 valence electrons. The molecule has 0 spiro atoms. The van der Waals surface area contributed by atoms with Crippen molar-refractivity contribution in [3.8, 4) is 68.3 Å². The van der Waals surface area contributed by atoms with Gasteiger partial charge in [-0.2, -0.15) is 0 Å². The minimum Gasteiger partial charge on any atom is -0.456 e. The van der Waals surface area contributed by atoms with E-state index in [1.54, 1.807) is 0 Å². The van der Waals surface area contributed by atoms with Crippen LogP contribution in [0.1, 0.15) is 45.2 Å². The Morgan fingerprint density at radius 2 is 0.543 bits per heavy atom. The van der Waals surface area contributed by atoms with E-state index in [1.165, 1.54) is 33.4 Å². The molecule has 4 aromatic heterocycles. The van der Waals surface area contributed by atoms with Crippen LogP contribution in [-0.4, -0.2) is 29.9 Å². The van der Waals surface area contributed by atoms with E-state index in [-0.39, 0.29) is 11.8 Å². The Morgan fingerprint density at radius 3 is 0.971 bits per heavy atom. The summed E-state index contributed by atoms with van der Waals surface area (Å²) in [6.07, 6.45) is 0. The fraction of sp³-hybridized carbons (Fsp3) is 0.0323. The molecule has 16 rings (SSSR count). The minimum atomic E-state index is -0.00260. The topological polar surface area (TPSA) is 104 Å². The summed E-state index contributed by atoms with van der Waals surface area (Å²) in [6, 6.07) is 71.3. The molecule has 0 amide bonds. The Hall–Kier alpha value is -9.40. The van der Waals surface area contributed by atoms with Crippen LogP contribution in [-0.2, 0) is 0 Å². The molecule has 0 saturated carbocycles. The van der Waals surface area contributed by atoms with Gasteiger partial charge in [-0.25, -0.2) is 29.9 Å². The summed E-state index contributed by atoms with van der Waals surface area (Å²) >= 11 is 0. The minimum absolute atomic E-state index is 0.00260. The quantitative estimate of drug-likeness (QED) is 0.163. The number of fused-ring (bicyclic) bond motifs is 6. The van der Waals surface area contributed by atoms with Crippen molar-refractivity contribution >= 4 is 43.9 Å². The molecule has 2 bridgehead atoms. The lowest BCUT2D eigenvalue weighted by molar-refractivity contribution is 0.668. The monoisotopic (exact) mass is 896 g/mol. The van der Waals surface area contributed by atoms with Crippen LogP contribution in [0, 0.1) is 0 Å². The highest BCUT2D eigenvalue weighted by molar-refractivity contribution is 6.07. The van der Waals surface area contributed by atoms with Crippen LogP contribution in [0.4, 0.5) is 0 Å². The molecule has 3 aliphatic rings. The van der Waals surface area contributed by atoms with Gasteiger partial charge in [0.1, 0.15) is 22.3 Å². The number of benzene rings is 9. The summed E-state index contributed by atoms with van der Waals surface area (Å²) in [5, 5.41) is 4.16. The summed E-state index contributed by atoms with van der Waals surface area (Å²) in [5.74, 6) is 3.68. The normalized spacial score (nSPS) is 14.6. The molecule has 0 aliphatic heterocycles. The zero-order valence-corrected chi connectivity index (χ0v) is 37.3. The number of para-hydroxylation sites is 2. The van der Waals surface area contributed by atoms with Gasteiger partial charge in [0, 0.05) is 66.8 Å². The summed E-state index contributed by atoms with van der Waals surface area (Å²) in [7, 11) is 0. The van der Waals surface area contributed by atoms with Crippen molar-refractivity contribution in [2.45, 2.75) is 11.8 Å². The average molecular weight is 897 g/mol. The van der Waals surface area contributed by atoms with Gasteiger partial charge in [0.05, 0.1) is 0 Å². The molecule has 2 unspecified atom stereocenters. The molecule has 70 heavy (non-hydrogen) atoms. The maximum absolute atomic E-state index is 6.18. The van der Waals surface area contributed by atoms with E-state index in [2.05, 4.69) is 84.9 Å². The molecule has 4 heterocycles. The van der Waals surface area contributed by atoms with Gasteiger partial charge in [-0.05, 0) is 94.0 Å². The molecule has 0 radical (unpaired) electrons. The van der Waals surface area contributed by atoms with E-state index >= 15 is 0 Å². The van der Waals surface area contributed by atoms with Crippen LogP contribution in [0.5, 0.6) is 0 Å². The standard InChI is InChI=1S/C62H36N6O2/c1-3-13-35(14-4-1)57-63-59(67-61(65-57)39-25-29-53-47(31-39)41-17-9-11-21-51(41)69-53)37-23-27-45-49(33-37)55-43-19-7-8-20-44(43)56(45)50-34-38(24-28-46(50)55)60-64-58(36-15-5-2-6-16-36)66-62(68-60)40-26-30-54-48(32-40)42-18-10-12-22-52(42)70-54/h1-34,55-56H. The molecule has 2 atom stereocenters. The van der Waals surface area contributed by atoms with Crippen molar-refractivity contribution in [2.75, 3.05) is 0 Å². The zero-order chi connectivity index (χ0) is 45.9. The molecule has 0 saturated heterocycles. The number of aromatic nitrogens is 6. The van der Waals surface area contributed by atoms with E-state index < -0.39 is 0 Å². The first-order chi connectivity index (χ1) is 34.6. The molecule has 8 nitrogen and oxygen atoms in total. The van der Waals surface area contributed by atoms with Crippen LogP contribution >= 0.6 is 0 Å². The number of hydrogen-bond acceptors (Lipinski definition) is 8. The van der Waals surface area contributed by atoms with Gasteiger partial charge >= 0.3 is 0 Å². The number of furan rings is 2. The first-order valence-electron chi connectivity index (χ1n) is 23.5. The number of nitrogens with zero attached hydrogens (tertiary/aromatic N) is 6. The molecule has 8 heteroatoms. The van der Waals surface area contributed by atoms with Crippen molar-refractivity contribution < 1.29 is 8.83 Å². The van der Waals surface area contributed by atoms with E-state index in [1.807, 2.05) is 121 Å². The van der Waals surface area contributed by atoms with Crippen LogP contribution < -0.4 is 0 Å². The second kappa shape index (κ2) is 15.1. The predicted molar refractivity (Wildman–Crippen MR) is 275 cm³/mol. The Labute approximate surface area is 400 Å². The summed E-state index contributed by atoms with van der Waals surface area (Å²) in [4.78, 5) is 30.9. The fourth-order valence-electron chi connectivity index (χ4n) is 10.9. The third-order valence-electron chi connectivity index (χ3n) is 14.2. The van der Waals surface area contributed by atoms with Crippen molar-refractivity contribution in [1.82, 2.24) is 29.9 Å². The van der Waals surface area contributed by atoms with Gasteiger partial charge in [0.2, 0.25) is 0 Å². The lowest BCUT2D eigenvalue weighted by atomic mass is 9.61. The fourth-order valence-corrected chi connectivity index (χ4v) is 10.9. The van der Waals surface area contributed by atoms with E-state index in [0.717, 1.165) is 77.3 Å². The Morgan fingerprint density at radius 1 is 0.229 bits per heavy atom. The van der Waals surface area contributed by atoms with Gasteiger partial charge in [-0.3, -0.25) is 0 Å². The summed E-state index contributed by atoms with van der Waals surface area (Å²) < 4.78 is 12.4. The van der Waals surface area contributed by atoms with E-state index in [4.69, 9.17) is 38.7 Å². The Balaban J connectivity index is 0.857. The molecule has 0 N–H and O–H groups in total. The van der Waals surface area contributed by atoms with Gasteiger partial charge in [0.15, 0.2) is 34.9 Å². The lowest BCUT2D eigenvalue weighted by Gasteiger charge is -2.42. The lowest BCUT2D eigenvalue weighted by Crippen LogP contribution is -2.27.